The third-order valence-electron chi connectivity index (χ3n) is 3.81. The molecule has 0 amide bonds. The van der Waals surface area contributed by atoms with Gasteiger partial charge >= 0.3 is 0 Å². The number of anilines is 1. The van der Waals surface area contributed by atoms with Crippen LogP contribution in [0.1, 0.15) is 5.56 Å². The van der Waals surface area contributed by atoms with Crippen LogP contribution in [0.3, 0.4) is 0 Å². The standard InChI is InChI=1S/C19H23N5OS/c1-20-18(23-13-14-6-5-7-15(12-14)25-2)21-10-11-22-19-24-16-8-3-4-9-17(16)26-19/h3-9,12H,10-11,13H2,1-2H3,(H,22,24)(H2,20,21,23). The van der Waals surface area contributed by atoms with Crippen molar-refractivity contribution in [3.05, 3.63) is 54.1 Å². The largest absolute Gasteiger partial charge is 0.497 e. The van der Waals surface area contributed by atoms with E-state index in [0.29, 0.717) is 6.54 Å². The molecule has 136 valence electrons. The molecule has 0 aliphatic rings. The van der Waals surface area contributed by atoms with Gasteiger partial charge in [-0.2, -0.15) is 0 Å². The third kappa shape index (κ3) is 4.86. The first-order valence-corrected chi connectivity index (χ1v) is 9.27. The highest BCUT2D eigenvalue weighted by molar-refractivity contribution is 7.22. The molecule has 0 bridgehead atoms. The van der Waals surface area contributed by atoms with Crippen LogP contribution in [0.15, 0.2) is 53.5 Å². The molecule has 3 rings (SSSR count). The molecule has 0 aliphatic carbocycles. The van der Waals surface area contributed by atoms with Gasteiger partial charge in [0.15, 0.2) is 11.1 Å². The summed E-state index contributed by atoms with van der Waals surface area (Å²) in [6, 6.07) is 16.1. The van der Waals surface area contributed by atoms with Gasteiger partial charge < -0.3 is 20.7 Å². The maximum absolute atomic E-state index is 5.24. The second kappa shape index (κ2) is 9.05. The fraction of sp³-hybridized carbons (Fsp3) is 0.263. The summed E-state index contributed by atoms with van der Waals surface area (Å²) in [5.74, 6) is 1.62. The van der Waals surface area contributed by atoms with E-state index in [1.165, 1.54) is 4.70 Å². The van der Waals surface area contributed by atoms with Gasteiger partial charge in [-0.3, -0.25) is 4.99 Å². The van der Waals surface area contributed by atoms with Gasteiger partial charge in [-0.15, -0.1) is 0 Å². The van der Waals surface area contributed by atoms with Crippen molar-refractivity contribution in [3.63, 3.8) is 0 Å². The molecule has 0 atom stereocenters. The van der Waals surface area contributed by atoms with Crippen LogP contribution >= 0.6 is 11.3 Å². The van der Waals surface area contributed by atoms with Gasteiger partial charge in [-0.05, 0) is 29.8 Å². The molecule has 7 heteroatoms. The number of fused-ring (bicyclic) bond motifs is 1. The van der Waals surface area contributed by atoms with E-state index in [1.54, 1.807) is 25.5 Å². The van der Waals surface area contributed by atoms with Crippen LogP contribution in [0.2, 0.25) is 0 Å². The minimum Gasteiger partial charge on any atom is -0.497 e. The number of benzene rings is 2. The first-order valence-electron chi connectivity index (χ1n) is 8.45. The zero-order valence-corrected chi connectivity index (χ0v) is 15.8. The first kappa shape index (κ1) is 18.0. The van der Waals surface area contributed by atoms with E-state index in [0.717, 1.165) is 41.0 Å². The van der Waals surface area contributed by atoms with Crippen molar-refractivity contribution in [1.29, 1.82) is 0 Å². The maximum Gasteiger partial charge on any atom is 0.191 e. The van der Waals surface area contributed by atoms with Crippen LogP contribution < -0.4 is 20.7 Å². The number of aliphatic imine (C=N–C) groups is 1. The number of thiazole rings is 1. The van der Waals surface area contributed by atoms with Crippen molar-refractivity contribution in [2.75, 3.05) is 32.6 Å². The summed E-state index contributed by atoms with van der Waals surface area (Å²) in [4.78, 5) is 8.81. The second-order valence-corrected chi connectivity index (χ2v) is 6.65. The Morgan fingerprint density at radius 2 is 2.00 bits per heavy atom. The lowest BCUT2D eigenvalue weighted by Gasteiger charge is -2.12. The quantitative estimate of drug-likeness (QED) is 0.339. The van der Waals surface area contributed by atoms with Gasteiger partial charge in [0.05, 0.1) is 17.3 Å². The average Bonchev–Trinajstić information content (AvgIpc) is 3.10. The van der Waals surface area contributed by atoms with Gasteiger partial charge in [-0.1, -0.05) is 35.6 Å². The average molecular weight is 369 g/mol. The number of hydrogen-bond donors (Lipinski definition) is 3. The van der Waals surface area contributed by atoms with E-state index in [4.69, 9.17) is 4.74 Å². The lowest BCUT2D eigenvalue weighted by molar-refractivity contribution is 0.414. The summed E-state index contributed by atoms with van der Waals surface area (Å²) >= 11 is 1.67. The van der Waals surface area contributed by atoms with Crippen molar-refractivity contribution in [3.8, 4) is 5.75 Å². The SMILES string of the molecule is CN=C(NCCNc1nc2ccccc2s1)NCc1cccc(OC)c1. The fourth-order valence-corrected chi connectivity index (χ4v) is 3.38. The highest BCUT2D eigenvalue weighted by atomic mass is 32.1. The van der Waals surface area contributed by atoms with E-state index >= 15 is 0 Å². The molecule has 2 aromatic carbocycles. The zero-order chi connectivity index (χ0) is 18.2. The zero-order valence-electron chi connectivity index (χ0n) is 15.0. The molecule has 0 saturated carbocycles. The minimum absolute atomic E-state index is 0.683. The summed E-state index contributed by atoms with van der Waals surface area (Å²) in [5.41, 5.74) is 2.17. The predicted molar refractivity (Wildman–Crippen MR) is 109 cm³/mol. The summed E-state index contributed by atoms with van der Waals surface area (Å²) in [6.07, 6.45) is 0. The predicted octanol–water partition coefficient (Wildman–Crippen LogP) is 3.08. The van der Waals surface area contributed by atoms with Gasteiger partial charge in [0.25, 0.3) is 0 Å². The Kier molecular flexibility index (Phi) is 6.27. The van der Waals surface area contributed by atoms with Crippen LogP contribution in [-0.4, -0.2) is 38.2 Å². The Morgan fingerprint density at radius 3 is 2.81 bits per heavy atom. The van der Waals surface area contributed by atoms with Gasteiger partial charge in [-0.25, -0.2) is 4.98 Å². The van der Waals surface area contributed by atoms with Crippen LogP contribution in [0.25, 0.3) is 10.2 Å². The van der Waals surface area contributed by atoms with Gasteiger partial charge in [0, 0.05) is 26.7 Å². The van der Waals surface area contributed by atoms with E-state index < -0.39 is 0 Å². The maximum atomic E-state index is 5.24. The number of methoxy groups -OCH3 is 1. The summed E-state index contributed by atoms with van der Waals surface area (Å²) in [5, 5.41) is 10.9. The van der Waals surface area contributed by atoms with E-state index in [9.17, 15) is 0 Å². The van der Waals surface area contributed by atoms with E-state index in [-0.39, 0.29) is 0 Å². The molecule has 0 spiro atoms. The number of aromatic nitrogens is 1. The summed E-state index contributed by atoms with van der Waals surface area (Å²) in [6.45, 7) is 2.19. The van der Waals surface area contributed by atoms with Crippen molar-refractivity contribution < 1.29 is 4.74 Å². The molecule has 0 radical (unpaired) electrons. The molecule has 0 aliphatic heterocycles. The monoisotopic (exact) mass is 369 g/mol. The fourth-order valence-electron chi connectivity index (χ4n) is 2.49. The first-order chi connectivity index (χ1) is 12.8. The molecule has 0 saturated heterocycles. The Hall–Kier alpha value is -2.80. The molecular formula is C19H23N5OS. The van der Waals surface area contributed by atoms with Crippen molar-refractivity contribution in [2.24, 2.45) is 4.99 Å². The van der Waals surface area contributed by atoms with Crippen molar-refractivity contribution >= 4 is 32.6 Å². The van der Waals surface area contributed by atoms with Crippen LogP contribution in [0.5, 0.6) is 5.75 Å². The summed E-state index contributed by atoms with van der Waals surface area (Å²) < 4.78 is 6.44. The van der Waals surface area contributed by atoms with E-state index in [1.807, 2.05) is 36.4 Å². The van der Waals surface area contributed by atoms with Gasteiger partial charge in [0.1, 0.15) is 5.75 Å². The molecule has 3 aromatic rings. The van der Waals surface area contributed by atoms with Crippen LogP contribution in [0.4, 0.5) is 5.13 Å². The summed E-state index contributed by atoms with van der Waals surface area (Å²) in [7, 11) is 3.44. The minimum atomic E-state index is 0.683. The molecule has 26 heavy (non-hydrogen) atoms. The highest BCUT2D eigenvalue weighted by Gasteiger charge is 2.03. The van der Waals surface area contributed by atoms with E-state index in [2.05, 4.69) is 38.1 Å². The smallest absolute Gasteiger partial charge is 0.191 e. The highest BCUT2D eigenvalue weighted by Crippen LogP contribution is 2.24. The number of guanidine groups is 1. The second-order valence-electron chi connectivity index (χ2n) is 5.62. The van der Waals surface area contributed by atoms with Crippen molar-refractivity contribution in [2.45, 2.75) is 6.54 Å². The Balaban J connectivity index is 1.42. The molecular weight excluding hydrogens is 346 g/mol. The normalized spacial score (nSPS) is 11.4. The molecule has 3 N–H and O–H groups in total. The molecule has 1 heterocycles. The van der Waals surface area contributed by atoms with Gasteiger partial charge in [0.2, 0.25) is 0 Å². The number of hydrogen-bond acceptors (Lipinski definition) is 5. The Morgan fingerprint density at radius 1 is 1.12 bits per heavy atom. The van der Waals surface area contributed by atoms with Crippen LogP contribution in [-0.2, 0) is 6.54 Å². The number of nitrogens with zero attached hydrogens (tertiary/aromatic N) is 2. The third-order valence-corrected chi connectivity index (χ3v) is 4.80. The molecule has 6 nitrogen and oxygen atoms in total. The Bertz CT molecular complexity index is 844. The number of rotatable bonds is 7. The number of ether oxygens (including phenoxy) is 1. The number of para-hydroxylation sites is 1. The lowest BCUT2D eigenvalue weighted by atomic mass is 10.2. The Labute approximate surface area is 157 Å². The molecule has 1 aromatic heterocycles. The van der Waals surface area contributed by atoms with Crippen LogP contribution in [0, 0.1) is 0 Å². The lowest BCUT2D eigenvalue weighted by Crippen LogP contribution is -2.39. The molecule has 0 unspecified atom stereocenters. The number of nitrogens with one attached hydrogen (secondary N) is 3. The topological polar surface area (TPSA) is 70.6 Å². The molecule has 0 fully saturated rings. The van der Waals surface area contributed by atoms with Crippen molar-refractivity contribution in [1.82, 2.24) is 15.6 Å².